The Kier molecular flexibility index (Phi) is 5.33. The van der Waals surface area contributed by atoms with Crippen LogP contribution >= 0.6 is 0 Å². The largest absolute Gasteiger partial charge is 0.495 e. The minimum absolute atomic E-state index is 0.170. The van der Waals surface area contributed by atoms with E-state index in [2.05, 4.69) is 0 Å². The van der Waals surface area contributed by atoms with Crippen molar-refractivity contribution in [3.8, 4) is 17.1 Å². The Morgan fingerprint density at radius 1 is 1.25 bits per heavy atom. The van der Waals surface area contributed by atoms with Crippen LogP contribution in [0.25, 0.3) is 17.4 Å². The third-order valence-corrected chi connectivity index (χ3v) is 3.09. The zero-order chi connectivity index (χ0) is 17.7. The number of hydrogen-bond donors (Lipinski definition) is 0. The van der Waals surface area contributed by atoms with Gasteiger partial charge in [-0.2, -0.15) is 13.2 Å². The van der Waals surface area contributed by atoms with Crippen LogP contribution in [0, 0.1) is 0 Å². The van der Waals surface area contributed by atoms with Gasteiger partial charge in [0.25, 0.3) is 0 Å². The maximum atomic E-state index is 13.0. The summed E-state index contributed by atoms with van der Waals surface area (Å²) in [4.78, 5) is 11.3. The van der Waals surface area contributed by atoms with Crippen LogP contribution < -0.4 is 4.74 Å². The lowest BCUT2D eigenvalue weighted by Gasteiger charge is -2.14. The lowest BCUT2D eigenvalue weighted by Crippen LogP contribution is -2.08. The first kappa shape index (κ1) is 17.7. The maximum Gasteiger partial charge on any atom is 0.419 e. The van der Waals surface area contributed by atoms with E-state index in [9.17, 15) is 18.0 Å². The second-order valence-corrected chi connectivity index (χ2v) is 4.67. The van der Waals surface area contributed by atoms with Gasteiger partial charge >= 0.3 is 12.1 Å². The molecule has 4 nitrogen and oxygen atoms in total. The molecule has 0 unspecified atom stereocenters. The summed E-state index contributed by atoms with van der Waals surface area (Å²) >= 11 is 0. The molecular formula is C17H15F3O4. The summed E-state index contributed by atoms with van der Waals surface area (Å²) < 4.78 is 54.3. The number of halogens is 3. The highest BCUT2D eigenvalue weighted by atomic mass is 19.4. The van der Waals surface area contributed by atoms with Gasteiger partial charge in [-0.25, -0.2) is 4.79 Å². The lowest BCUT2D eigenvalue weighted by molar-refractivity contribution is -0.139. The Labute approximate surface area is 136 Å². The summed E-state index contributed by atoms with van der Waals surface area (Å²) in [5.74, 6) is -0.355. The zero-order valence-electron chi connectivity index (χ0n) is 13.0. The number of esters is 1. The highest BCUT2D eigenvalue weighted by Crippen LogP contribution is 2.42. The van der Waals surface area contributed by atoms with Crippen LogP contribution in [0.5, 0.6) is 5.75 Å². The van der Waals surface area contributed by atoms with Gasteiger partial charge in [0, 0.05) is 6.08 Å². The molecule has 1 heterocycles. The van der Waals surface area contributed by atoms with Crippen LogP contribution in [-0.4, -0.2) is 19.7 Å². The van der Waals surface area contributed by atoms with Gasteiger partial charge in [0.2, 0.25) is 0 Å². The molecule has 0 amide bonds. The van der Waals surface area contributed by atoms with E-state index in [-0.39, 0.29) is 23.7 Å². The molecule has 0 fully saturated rings. The fourth-order valence-corrected chi connectivity index (χ4v) is 2.10. The minimum atomic E-state index is -4.54. The average Bonchev–Trinajstić information content (AvgIpc) is 3.00. The number of methoxy groups -OCH3 is 1. The lowest BCUT2D eigenvalue weighted by atomic mass is 10.1. The molecule has 24 heavy (non-hydrogen) atoms. The third kappa shape index (κ3) is 3.98. The summed E-state index contributed by atoms with van der Waals surface area (Å²) in [6.45, 7) is 1.92. The second kappa shape index (κ2) is 7.25. The fourth-order valence-electron chi connectivity index (χ4n) is 2.10. The predicted molar refractivity (Wildman–Crippen MR) is 81.4 cm³/mol. The molecule has 0 bridgehead atoms. The highest BCUT2D eigenvalue weighted by Gasteiger charge is 2.35. The van der Waals surface area contributed by atoms with Gasteiger partial charge in [-0.15, -0.1) is 0 Å². The van der Waals surface area contributed by atoms with Crippen LogP contribution in [0.4, 0.5) is 13.2 Å². The van der Waals surface area contributed by atoms with Crippen LogP contribution in [0.3, 0.4) is 0 Å². The van der Waals surface area contributed by atoms with Gasteiger partial charge in [-0.1, -0.05) is 6.07 Å². The summed E-state index contributed by atoms with van der Waals surface area (Å²) in [5.41, 5.74) is -0.717. The standard InChI is InChI=1S/C17H15F3O4/c1-3-23-15(21)10-8-11-7-9-14(24-11)12-5-4-6-13(16(12)22-2)17(18,19)20/h4-10H,3H2,1-2H3/b10-8+. The predicted octanol–water partition coefficient (Wildman–Crippen LogP) is 4.55. The minimum Gasteiger partial charge on any atom is -0.495 e. The van der Waals surface area contributed by atoms with Crippen molar-refractivity contribution in [1.29, 1.82) is 0 Å². The molecule has 0 spiro atoms. The zero-order valence-corrected chi connectivity index (χ0v) is 13.0. The van der Waals surface area contributed by atoms with Gasteiger partial charge in [0.05, 0.1) is 24.8 Å². The molecule has 0 aliphatic rings. The van der Waals surface area contributed by atoms with Crippen molar-refractivity contribution in [2.45, 2.75) is 13.1 Å². The van der Waals surface area contributed by atoms with E-state index in [4.69, 9.17) is 13.9 Å². The number of rotatable bonds is 5. The highest BCUT2D eigenvalue weighted by molar-refractivity contribution is 5.86. The quantitative estimate of drug-likeness (QED) is 0.592. The number of benzene rings is 1. The van der Waals surface area contributed by atoms with Crippen molar-refractivity contribution >= 4 is 12.0 Å². The first-order valence-corrected chi connectivity index (χ1v) is 7.06. The molecule has 2 aromatic rings. The number of para-hydroxylation sites is 1. The normalized spacial score (nSPS) is 11.7. The summed E-state index contributed by atoms with van der Waals surface area (Å²) in [7, 11) is 1.17. The molecule has 0 aliphatic carbocycles. The van der Waals surface area contributed by atoms with Gasteiger partial charge < -0.3 is 13.9 Å². The van der Waals surface area contributed by atoms with E-state index < -0.39 is 17.7 Å². The van der Waals surface area contributed by atoms with E-state index in [1.807, 2.05) is 0 Å². The van der Waals surface area contributed by atoms with Crippen LogP contribution in [0.2, 0.25) is 0 Å². The molecule has 1 aromatic carbocycles. The number of carbonyl (C=O) groups excluding carboxylic acids is 1. The Morgan fingerprint density at radius 2 is 2.00 bits per heavy atom. The van der Waals surface area contributed by atoms with Crippen molar-refractivity contribution < 1.29 is 31.9 Å². The molecule has 0 saturated carbocycles. The molecule has 0 saturated heterocycles. The monoisotopic (exact) mass is 340 g/mol. The first-order chi connectivity index (χ1) is 11.4. The van der Waals surface area contributed by atoms with Crippen LogP contribution in [0.1, 0.15) is 18.2 Å². The van der Waals surface area contributed by atoms with Crippen LogP contribution in [-0.2, 0) is 15.7 Å². The van der Waals surface area contributed by atoms with Crippen molar-refractivity contribution in [1.82, 2.24) is 0 Å². The van der Waals surface area contributed by atoms with Gasteiger partial charge in [-0.05, 0) is 37.3 Å². The molecule has 0 N–H and O–H groups in total. The molecule has 1 aromatic heterocycles. The topological polar surface area (TPSA) is 48.7 Å². The SMILES string of the molecule is CCOC(=O)/C=C/c1ccc(-c2cccc(C(F)(F)F)c2OC)o1. The smallest absolute Gasteiger partial charge is 0.419 e. The molecule has 0 radical (unpaired) electrons. The Hall–Kier alpha value is -2.70. The number of ether oxygens (including phenoxy) is 2. The van der Waals surface area contributed by atoms with Crippen LogP contribution in [0.15, 0.2) is 40.8 Å². The van der Waals surface area contributed by atoms with Crippen molar-refractivity contribution in [3.05, 3.63) is 47.7 Å². The van der Waals surface area contributed by atoms with E-state index in [1.165, 1.54) is 43.5 Å². The van der Waals surface area contributed by atoms with E-state index in [1.54, 1.807) is 6.92 Å². The van der Waals surface area contributed by atoms with E-state index in [0.29, 0.717) is 5.76 Å². The number of furan rings is 1. The van der Waals surface area contributed by atoms with E-state index >= 15 is 0 Å². The Bertz CT molecular complexity index is 745. The molecular weight excluding hydrogens is 325 g/mol. The Balaban J connectivity index is 2.35. The molecule has 0 aliphatic heterocycles. The maximum absolute atomic E-state index is 13.0. The van der Waals surface area contributed by atoms with Crippen molar-refractivity contribution in [2.75, 3.05) is 13.7 Å². The Morgan fingerprint density at radius 3 is 2.62 bits per heavy atom. The van der Waals surface area contributed by atoms with Crippen molar-refractivity contribution in [2.24, 2.45) is 0 Å². The van der Waals surface area contributed by atoms with Gasteiger partial charge in [-0.3, -0.25) is 0 Å². The molecule has 0 atom stereocenters. The fraction of sp³-hybridized carbons (Fsp3) is 0.235. The number of carbonyl (C=O) groups is 1. The summed E-state index contributed by atoms with van der Waals surface area (Å²) in [6.07, 6.45) is -1.99. The third-order valence-electron chi connectivity index (χ3n) is 3.09. The molecule has 128 valence electrons. The summed E-state index contributed by atoms with van der Waals surface area (Å²) in [5, 5.41) is 0. The number of alkyl halides is 3. The second-order valence-electron chi connectivity index (χ2n) is 4.67. The number of hydrogen-bond acceptors (Lipinski definition) is 4. The molecule has 7 heteroatoms. The van der Waals surface area contributed by atoms with Gasteiger partial charge in [0.15, 0.2) is 0 Å². The summed E-state index contributed by atoms with van der Waals surface area (Å²) in [6, 6.07) is 6.71. The van der Waals surface area contributed by atoms with Gasteiger partial charge in [0.1, 0.15) is 17.3 Å². The first-order valence-electron chi connectivity index (χ1n) is 7.06. The van der Waals surface area contributed by atoms with Crippen molar-refractivity contribution in [3.63, 3.8) is 0 Å². The molecule has 2 rings (SSSR count). The van der Waals surface area contributed by atoms with E-state index in [0.717, 1.165) is 6.07 Å². The average molecular weight is 340 g/mol.